The summed E-state index contributed by atoms with van der Waals surface area (Å²) in [5, 5.41) is 0. The maximum Gasteiger partial charge on any atom is 0.451 e. The molecular formula is C17H23F3N2O7S2. The van der Waals surface area contributed by atoms with Gasteiger partial charge in [-0.3, -0.25) is 19.0 Å². The summed E-state index contributed by atoms with van der Waals surface area (Å²) in [7, 11) is -7.89. The number of carbonyl (C=O) groups is 2. The molecule has 0 amide bonds. The summed E-state index contributed by atoms with van der Waals surface area (Å²) < 4.78 is 96.2. The lowest BCUT2D eigenvalue weighted by Gasteiger charge is -2.22. The molecule has 1 aromatic rings. The molecular weight excluding hydrogens is 465 g/mol. The van der Waals surface area contributed by atoms with Crippen molar-refractivity contribution in [1.82, 2.24) is 0 Å². The first-order valence-electron chi connectivity index (χ1n) is 8.99. The predicted molar refractivity (Wildman–Crippen MR) is 108 cm³/mol. The Balaban J connectivity index is 3.76. The van der Waals surface area contributed by atoms with Gasteiger partial charge in [0.25, 0.3) is 5.78 Å². The van der Waals surface area contributed by atoms with Gasteiger partial charge in [-0.05, 0) is 45.9 Å². The number of hydrogen-bond acceptors (Lipinski definition) is 7. The number of ether oxygens (including phenoxy) is 1. The predicted octanol–water partition coefficient (Wildman–Crippen LogP) is 2.38. The fourth-order valence-corrected chi connectivity index (χ4v) is 3.58. The van der Waals surface area contributed by atoms with Crippen molar-refractivity contribution in [3.63, 3.8) is 0 Å². The highest BCUT2D eigenvalue weighted by atomic mass is 32.2. The molecule has 0 spiro atoms. The molecule has 0 heterocycles. The highest BCUT2D eigenvalue weighted by Crippen LogP contribution is 2.35. The number of anilines is 2. The SMILES string of the molecule is CCS(=O)(=O)Nc1ccc(NS(=O)(=O)CC)c([C@@H](C(=O)OC(C)C)C(=O)C(F)(F)F)c1. The number of benzene rings is 1. The molecule has 0 aromatic heterocycles. The van der Waals surface area contributed by atoms with Crippen LogP contribution >= 0.6 is 0 Å². The Morgan fingerprint density at radius 1 is 1.00 bits per heavy atom. The minimum atomic E-state index is -5.46. The van der Waals surface area contributed by atoms with Gasteiger partial charge in [0.2, 0.25) is 20.0 Å². The Kier molecular flexibility index (Phi) is 8.48. The molecule has 14 heteroatoms. The van der Waals surface area contributed by atoms with E-state index in [0.717, 1.165) is 18.2 Å². The topological polar surface area (TPSA) is 136 Å². The monoisotopic (exact) mass is 488 g/mol. The second-order valence-corrected chi connectivity index (χ2v) is 10.6. The molecule has 1 rings (SSSR count). The zero-order valence-electron chi connectivity index (χ0n) is 17.1. The van der Waals surface area contributed by atoms with Crippen LogP contribution in [0.25, 0.3) is 0 Å². The van der Waals surface area contributed by atoms with Crippen LogP contribution in [0.4, 0.5) is 24.5 Å². The average molecular weight is 489 g/mol. The Morgan fingerprint density at radius 2 is 1.52 bits per heavy atom. The van der Waals surface area contributed by atoms with Gasteiger partial charge in [0.05, 0.1) is 23.3 Å². The zero-order chi connectivity index (χ0) is 24.2. The number of esters is 1. The van der Waals surface area contributed by atoms with E-state index >= 15 is 0 Å². The first-order valence-corrected chi connectivity index (χ1v) is 12.3. The molecule has 0 aliphatic carbocycles. The van der Waals surface area contributed by atoms with E-state index in [1.807, 2.05) is 4.72 Å². The maximum atomic E-state index is 13.2. The minimum absolute atomic E-state index is 0.270. The van der Waals surface area contributed by atoms with E-state index in [0.29, 0.717) is 0 Å². The van der Waals surface area contributed by atoms with Crippen LogP contribution in [0.5, 0.6) is 0 Å². The van der Waals surface area contributed by atoms with Gasteiger partial charge in [0, 0.05) is 11.3 Å². The molecule has 0 aliphatic heterocycles. The number of alkyl halides is 3. The summed E-state index contributed by atoms with van der Waals surface area (Å²) in [6.07, 6.45) is -6.34. The highest BCUT2D eigenvalue weighted by molar-refractivity contribution is 7.92. The third-order valence-corrected chi connectivity index (χ3v) is 6.39. The maximum absolute atomic E-state index is 13.2. The van der Waals surface area contributed by atoms with Crippen LogP contribution < -0.4 is 9.44 Å². The van der Waals surface area contributed by atoms with Crippen molar-refractivity contribution in [2.75, 3.05) is 20.9 Å². The van der Waals surface area contributed by atoms with Gasteiger partial charge in [0.1, 0.15) is 0 Å². The molecule has 0 saturated heterocycles. The van der Waals surface area contributed by atoms with Crippen LogP contribution in [-0.4, -0.2) is 52.4 Å². The van der Waals surface area contributed by atoms with Crippen molar-refractivity contribution in [3.8, 4) is 0 Å². The van der Waals surface area contributed by atoms with E-state index in [2.05, 4.69) is 4.72 Å². The van der Waals surface area contributed by atoms with E-state index in [4.69, 9.17) is 4.74 Å². The van der Waals surface area contributed by atoms with Gasteiger partial charge < -0.3 is 4.74 Å². The molecule has 2 N–H and O–H groups in total. The van der Waals surface area contributed by atoms with E-state index in [1.54, 1.807) is 0 Å². The Hall–Kier alpha value is -2.35. The van der Waals surface area contributed by atoms with Crippen LogP contribution in [0.15, 0.2) is 18.2 Å². The molecule has 1 aromatic carbocycles. The van der Waals surface area contributed by atoms with E-state index < -0.39 is 67.0 Å². The lowest BCUT2D eigenvalue weighted by Crippen LogP contribution is -2.36. The van der Waals surface area contributed by atoms with Crippen LogP contribution in [0, 0.1) is 0 Å². The van der Waals surface area contributed by atoms with Crippen molar-refractivity contribution in [3.05, 3.63) is 23.8 Å². The summed E-state index contributed by atoms with van der Waals surface area (Å²) in [6, 6.07) is 2.82. The number of nitrogens with one attached hydrogen (secondary N) is 2. The Labute approximate surface area is 178 Å². The summed E-state index contributed by atoms with van der Waals surface area (Å²) in [4.78, 5) is 24.5. The Bertz CT molecular complexity index is 1040. The quantitative estimate of drug-likeness (QED) is 0.381. The number of halogens is 3. The highest BCUT2D eigenvalue weighted by Gasteiger charge is 2.49. The molecule has 0 unspecified atom stereocenters. The lowest BCUT2D eigenvalue weighted by molar-refractivity contribution is -0.178. The standard InChI is InChI=1S/C17H23F3N2O7S2/c1-5-30(25,26)21-11-7-8-13(22-31(27,28)6-2)12(9-11)14(15(23)17(18,19)20)16(24)29-10(3)4/h7-10,14,21-22H,5-6H2,1-4H3/t14-/m1/s1. The third-order valence-electron chi connectivity index (χ3n) is 3.79. The van der Waals surface area contributed by atoms with E-state index in [9.17, 15) is 39.6 Å². The number of sulfonamides is 2. The number of hydrogen-bond donors (Lipinski definition) is 2. The fourth-order valence-electron chi connectivity index (χ4n) is 2.29. The first kappa shape index (κ1) is 26.7. The largest absolute Gasteiger partial charge is 0.462 e. The molecule has 176 valence electrons. The van der Waals surface area contributed by atoms with Crippen molar-refractivity contribution in [2.45, 2.75) is 45.9 Å². The van der Waals surface area contributed by atoms with Crippen LogP contribution in [0.3, 0.4) is 0 Å². The van der Waals surface area contributed by atoms with Crippen molar-refractivity contribution < 1.29 is 44.3 Å². The normalized spacial score (nSPS) is 13.5. The first-order chi connectivity index (χ1) is 14.0. The molecule has 1 atom stereocenters. The molecule has 0 radical (unpaired) electrons. The van der Waals surface area contributed by atoms with Gasteiger partial charge in [-0.2, -0.15) is 13.2 Å². The molecule has 0 saturated carbocycles. The second kappa shape index (κ2) is 9.85. The van der Waals surface area contributed by atoms with Crippen molar-refractivity contribution >= 4 is 43.2 Å². The van der Waals surface area contributed by atoms with Crippen LogP contribution in [-0.2, 0) is 34.4 Å². The number of Topliss-reactive ketones (excluding diaryl/α,β-unsaturated/α-hetero) is 1. The number of rotatable bonds is 10. The minimum Gasteiger partial charge on any atom is -0.462 e. The molecule has 0 bridgehead atoms. The van der Waals surface area contributed by atoms with Crippen LogP contribution in [0.1, 0.15) is 39.2 Å². The van der Waals surface area contributed by atoms with Gasteiger partial charge in [-0.25, -0.2) is 16.8 Å². The van der Waals surface area contributed by atoms with Gasteiger partial charge in [-0.1, -0.05) is 0 Å². The molecule has 31 heavy (non-hydrogen) atoms. The number of ketones is 1. The summed E-state index contributed by atoms with van der Waals surface area (Å²) >= 11 is 0. The second-order valence-electron chi connectivity index (χ2n) is 6.59. The summed E-state index contributed by atoms with van der Waals surface area (Å²) in [6.45, 7) is 5.26. The fraction of sp³-hybridized carbons (Fsp3) is 0.529. The Morgan fingerprint density at radius 3 is 1.97 bits per heavy atom. The molecule has 9 nitrogen and oxygen atoms in total. The molecule has 0 aliphatic rings. The van der Waals surface area contributed by atoms with E-state index in [-0.39, 0.29) is 11.4 Å². The van der Waals surface area contributed by atoms with Gasteiger partial charge in [0.15, 0.2) is 5.92 Å². The smallest absolute Gasteiger partial charge is 0.451 e. The van der Waals surface area contributed by atoms with Crippen molar-refractivity contribution in [2.24, 2.45) is 0 Å². The summed E-state index contributed by atoms with van der Waals surface area (Å²) in [5.41, 5.74) is -1.47. The van der Waals surface area contributed by atoms with E-state index in [1.165, 1.54) is 27.7 Å². The third kappa shape index (κ3) is 7.69. The summed E-state index contributed by atoms with van der Waals surface area (Å²) in [5.74, 6) is -7.46. The number of carbonyl (C=O) groups excluding carboxylic acids is 2. The lowest BCUT2D eigenvalue weighted by atomic mass is 9.92. The zero-order valence-corrected chi connectivity index (χ0v) is 18.7. The van der Waals surface area contributed by atoms with Crippen molar-refractivity contribution in [1.29, 1.82) is 0 Å². The molecule has 0 fully saturated rings. The van der Waals surface area contributed by atoms with Crippen LogP contribution in [0.2, 0.25) is 0 Å². The van der Waals surface area contributed by atoms with Gasteiger partial charge >= 0.3 is 12.1 Å². The van der Waals surface area contributed by atoms with Gasteiger partial charge in [-0.15, -0.1) is 0 Å². The average Bonchev–Trinajstić information content (AvgIpc) is 2.62.